The normalized spacial score (nSPS) is 22.8. The summed E-state index contributed by atoms with van der Waals surface area (Å²) >= 11 is 0. The van der Waals surface area contributed by atoms with Gasteiger partial charge in [-0.05, 0) is 18.2 Å². The second kappa shape index (κ2) is 7.40. The summed E-state index contributed by atoms with van der Waals surface area (Å²) in [5.41, 5.74) is -4.85. The molecule has 2 aromatic rings. The Labute approximate surface area is 195 Å². The molecule has 0 aliphatic carbocycles. The molecule has 0 N–H and O–H groups in total. The highest BCUT2D eigenvalue weighted by atomic mass is 19.4. The van der Waals surface area contributed by atoms with E-state index in [2.05, 4.69) is 0 Å². The minimum Gasteiger partial charge on any atom is -0.466 e. The van der Waals surface area contributed by atoms with Gasteiger partial charge >= 0.3 is 12.1 Å². The van der Waals surface area contributed by atoms with Crippen LogP contribution in [0.2, 0.25) is 0 Å². The summed E-state index contributed by atoms with van der Waals surface area (Å²) in [6.45, 7) is 0. The quantitative estimate of drug-likeness (QED) is 0.362. The fourth-order valence-electron chi connectivity index (χ4n) is 4.79. The summed E-state index contributed by atoms with van der Waals surface area (Å²) in [5, 5.41) is 11.2. The zero-order valence-corrected chi connectivity index (χ0v) is 18.2. The third kappa shape index (κ3) is 2.99. The van der Waals surface area contributed by atoms with Crippen LogP contribution in [-0.2, 0) is 24.7 Å². The van der Waals surface area contributed by atoms with Gasteiger partial charge in [0.2, 0.25) is 5.60 Å². The first-order valence-electron chi connectivity index (χ1n) is 10.2. The molecule has 2 aromatic carbocycles. The lowest BCUT2D eigenvalue weighted by molar-refractivity contribution is -0.384. The van der Waals surface area contributed by atoms with Crippen LogP contribution in [0.15, 0.2) is 59.8 Å². The number of nitro groups is 1. The predicted molar refractivity (Wildman–Crippen MR) is 116 cm³/mol. The first-order chi connectivity index (χ1) is 16.5. The van der Waals surface area contributed by atoms with Crippen LogP contribution in [0.1, 0.15) is 11.1 Å². The van der Waals surface area contributed by atoms with Crippen LogP contribution >= 0.6 is 0 Å². The molecule has 0 unspecified atom stereocenters. The van der Waals surface area contributed by atoms with Crippen LogP contribution in [0.4, 0.5) is 30.2 Å². The zero-order chi connectivity index (χ0) is 25.3. The first-order valence-corrected chi connectivity index (χ1v) is 10.2. The molecule has 2 atom stereocenters. The Bertz CT molecular complexity index is 1370. The number of amides is 1. The Hall–Kier alpha value is -4.19. The van der Waals surface area contributed by atoms with Gasteiger partial charge in [-0.1, -0.05) is 24.3 Å². The maximum Gasteiger partial charge on any atom is 0.432 e. The third-order valence-corrected chi connectivity index (χ3v) is 6.21. The van der Waals surface area contributed by atoms with E-state index in [4.69, 9.17) is 9.47 Å². The van der Waals surface area contributed by atoms with Gasteiger partial charge in [-0.2, -0.15) is 13.2 Å². The summed E-state index contributed by atoms with van der Waals surface area (Å²) in [7, 11) is 2.28. The smallest absolute Gasteiger partial charge is 0.432 e. The van der Waals surface area contributed by atoms with Crippen molar-refractivity contribution < 1.29 is 37.2 Å². The molecule has 0 radical (unpaired) electrons. The number of non-ortho nitro benzene ring substituents is 1. The molecule has 0 fully saturated rings. The molecule has 35 heavy (non-hydrogen) atoms. The van der Waals surface area contributed by atoms with Gasteiger partial charge in [0.15, 0.2) is 6.23 Å². The van der Waals surface area contributed by atoms with Crippen molar-refractivity contribution >= 4 is 35.0 Å². The number of carbonyl (C=O) groups is 2. The van der Waals surface area contributed by atoms with Crippen molar-refractivity contribution in [2.45, 2.75) is 18.0 Å². The number of methoxy groups -OCH3 is 1. The number of nitrogens with zero attached hydrogens (tertiary/aromatic N) is 3. The molecule has 3 aliphatic rings. The number of halogens is 3. The molecule has 3 heterocycles. The maximum absolute atomic E-state index is 14.8. The second-order valence-electron chi connectivity index (χ2n) is 8.01. The number of fused-ring (bicyclic) bond motifs is 5. The Morgan fingerprint density at radius 3 is 2.57 bits per heavy atom. The van der Waals surface area contributed by atoms with Crippen molar-refractivity contribution in [1.29, 1.82) is 0 Å². The topological polar surface area (TPSA) is 102 Å². The second-order valence-corrected chi connectivity index (χ2v) is 8.01. The number of carbonyl (C=O) groups excluding carboxylic acids is 2. The maximum atomic E-state index is 14.8. The minimum atomic E-state index is -5.14. The molecule has 12 heteroatoms. The number of ether oxygens (including phenoxy) is 2. The summed E-state index contributed by atoms with van der Waals surface area (Å²) in [5.74, 6) is -2.28. The fraction of sp³-hybridized carbons (Fsp3) is 0.217. The zero-order valence-electron chi connectivity index (χ0n) is 18.2. The van der Waals surface area contributed by atoms with E-state index in [0.717, 1.165) is 30.2 Å². The number of rotatable bonds is 2. The molecule has 0 saturated carbocycles. The number of likely N-dealkylation sites (N-methyl/N-ethyl adjacent to an activating group) is 1. The molecule has 5 rings (SSSR count). The SMILES string of the molecule is COC(=O)C1=C(C(F)(F)F)N2c3ccc([N+](=O)[O-])cc3C=C[C@H]2O[C@]12C(=O)N(C)c1ccccc12. The highest BCUT2D eigenvalue weighted by Gasteiger charge is 2.65. The van der Waals surface area contributed by atoms with Crippen LogP contribution in [-0.4, -0.2) is 43.4 Å². The Morgan fingerprint density at radius 1 is 1.20 bits per heavy atom. The van der Waals surface area contributed by atoms with E-state index >= 15 is 0 Å². The number of nitro benzene ring substituents is 1. The fourth-order valence-corrected chi connectivity index (χ4v) is 4.79. The average molecular weight is 487 g/mol. The van der Waals surface area contributed by atoms with Crippen molar-refractivity contribution in [3.8, 4) is 0 Å². The van der Waals surface area contributed by atoms with Crippen molar-refractivity contribution in [1.82, 2.24) is 0 Å². The number of para-hydroxylation sites is 1. The van der Waals surface area contributed by atoms with E-state index in [0.29, 0.717) is 4.90 Å². The van der Waals surface area contributed by atoms with E-state index in [1.807, 2.05) is 0 Å². The van der Waals surface area contributed by atoms with Crippen molar-refractivity contribution in [2.75, 3.05) is 24.0 Å². The van der Waals surface area contributed by atoms with E-state index in [1.165, 1.54) is 37.4 Å². The average Bonchev–Trinajstić information content (AvgIpc) is 3.04. The van der Waals surface area contributed by atoms with Crippen LogP contribution in [0.25, 0.3) is 6.08 Å². The van der Waals surface area contributed by atoms with Gasteiger partial charge < -0.3 is 19.3 Å². The van der Waals surface area contributed by atoms with Crippen LogP contribution in [0, 0.1) is 10.1 Å². The van der Waals surface area contributed by atoms with Crippen molar-refractivity contribution in [3.05, 3.63) is 81.1 Å². The number of allylic oxidation sites excluding steroid dienone is 1. The highest BCUT2D eigenvalue weighted by molar-refractivity contribution is 6.15. The molecule has 180 valence electrons. The van der Waals surface area contributed by atoms with E-state index in [1.54, 1.807) is 6.07 Å². The van der Waals surface area contributed by atoms with Gasteiger partial charge in [-0.15, -0.1) is 0 Å². The van der Waals surface area contributed by atoms with Gasteiger partial charge in [0.1, 0.15) is 11.3 Å². The summed E-state index contributed by atoms with van der Waals surface area (Å²) in [4.78, 5) is 38.9. The van der Waals surface area contributed by atoms with Crippen LogP contribution < -0.4 is 9.80 Å². The number of hydrogen-bond acceptors (Lipinski definition) is 7. The number of hydrogen-bond donors (Lipinski definition) is 0. The molecule has 0 saturated heterocycles. The predicted octanol–water partition coefficient (Wildman–Crippen LogP) is 3.65. The molecule has 1 amide bonds. The molecular formula is C23H16F3N3O6. The first kappa shape index (κ1) is 22.6. The number of benzene rings is 2. The molecule has 0 bridgehead atoms. The lowest BCUT2D eigenvalue weighted by Crippen LogP contribution is -2.58. The van der Waals surface area contributed by atoms with Crippen LogP contribution in [0.3, 0.4) is 0 Å². The molecular weight excluding hydrogens is 471 g/mol. The lowest BCUT2D eigenvalue weighted by atomic mass is 9.82. The Balaban J connectivity index is 1.87. The van der Waals surface area contributed by atoms with Gasteiger partial charge in [0, 0.05) is 30.3 Å². The van der Waals surface area contributed by atoms with Crippen molar-refractivity contribution in [2.24, 2.45) is 0 Å². The van der Waals surface area contributed by atoms with Gasteiger partial charge in [0.25, 0.3) is 11.6 Å². The number of esters is 1. The minimum absolute atomic E-state index is 0.0668. The lowest BCUT2D eigenvalue weighted by Gasteiger charge is -2.47. The number of alkyl halides is 3. The summed E-state index contributed by atoms with van der Waals surface area (Å²) in [6.07, 6.45) is -3.97. The standard InChI is InChI=1S/C23H16F3N3O6/c1-27-16-6-4-3-5-14(16)22(21(27)31)18(20(30)34-2)19(23(24,25)26)28-15-9-8-13(29(32)33)11-12(15)7-10-17(28)35-22/h3-11,17H,1-2H3/t17-,22+/m1/s1. The number of anilines is 2. The third-order valence-electron chi connectivity index (χ3n) is 6.21. The molecule has 0 aromatic heterocycles. The van der Waals surface area contributed by atoms with E-state index < -0.39 is 46.1 Å². The molecule has 3 aliphatic heterocycles. The monoisotopic (exact) mass is 487 g/mol. The molecule has 9 nitrogen and oxygen atoms in total. The Morgan fingerprint density at radius 2 is 1.91 bits per heavy atom. The van der Waals surface area contributed by atoms with E-state index in [-0.39, 0.29) is 28.2 Å². The van der Waals surface area contributed by atoms with Crippen LogP contribution in [0.5, 0.6) is 0 Å². The largest absolute Gasteiger partial charge is 0.466 e. The van der Waals surface area contributed by atoms with Gasteiger partial charge in [-0.25, -0.2) is 4.79 Å². The van der Waals surface area contributed by atoms with Crippen molar-refractivity contribution in [3.63, 3.8) is 0 Å². The molecule has 1 spiro atoms. The Kier molecular flexibility index (Phi) is 4.78. The highest BCUT2D eigenvalue weighted by Crippen LogP contribution is 2.55. The summed E-state index contributed by atoms with van der Waals surface area (Å²) in [6, 6.07) is 9.39. The van der Waals surface area contributed by atoms with Gasteiger partial charge in [0.05, 0.1) is 23.4 Å². The van der Waals surface area contributed by atoms with E-state index in [9.17, 15) is 32.9 Å². The summed E-state index contributed by atoms with van der Waals surface area (Å²) < 4.78 is 55.2. The van der Waals surface area contributed by atoms with Gasteiger partial charge in [-0.3, -0.25) is 14.9 Å².